The zero-order chi connectivity index (χ0) is 11.2. The summed E-state index contributed by atoms with van der Waals surface area (Å²) in [4.78, 5) is 11.7. The third-order valence-corrected chi connectivity index (χ3v) is 2.54. The molecule has 1 heterocycles. The highest BCUT2D eigenvalue weighted by molar-refractivity contribution is 5.80. The van der Waals surface area contributed by atoms with E-state index in [1.54, 1.807) is 6.26 Å². The summed E-state index contributed by atoms with van der Waals surface area (Å²) in [5.41, 5.74) is 1.10. The Morgan fingerprint density at radius 1 is 1.38 bits per heavy atom. The fraction of sp³-hybridized carbons (Fsp3) is 0.308. The minimum absolute atomic E-state index is 0.0341. The number of ether oxygens (including phenoxy) is 1. The summed E-state index contributed by atoms with van der Waals surface area (Å²) in [6.45, 7) is 0.559. The van der Waals surface area contributed by atoms with Gasteiger partial charge in [-0.05, 0) is 24.5 Å². The Kier molecular flexibility index (Phi) is 3.59. The number of nitrogens with one attached hydrogen (secondary N) is 1. The number of benzene rings is 1. The topological polar surface area (TPSA) is 38.3 Å². The van der Waals surface area contributed by atoms with Gasteiger partial charge in [-0.25, -0.2) is 0 Å². The minimum atomic E-state index is -0.325. The van der Waals surface area contributed by atoms with E-state index >= 15 is 0 Å². The highest BCUT2D eigenvalue weighted by Gasteiger charge is 2.19. The van der Waals surface area contributed by atoms with E-state index in [9.17, 15) is 4.79 Å². The van der Waals surface area contributed by atoms with Crippen LogP contribution >= 0.6 is 0 Å². The van der Waals surface area contributed by atoms with E-state index in [1.807, 2.05) is 36.4 Å². The normalized spacial score (nSPS) is 18.9. The van der Waals surface area contributed by atoms with E-state index in [1.165, 1.54) is 0 Å². The molecule has 0 spiro atoms. The first-order valence-corrected chi connectivity index (χ1v) is 5.48. The summed E-state index contributed by atoms with van der Waals surface area (Å²) in [6, 6.07) is 9.85. The van der Waals surface area contributed by atoms with Crippen LogP contribution in [0.25, 0.3) is 0 Å². The highest BCUT2D eigenvalue weighted by Crippen LogP contribution is 2.10. The number of rotatable bonds is 3. The third kappa shape index (κ3) is 2.86. The average Bonchev–Trinajstić information content (AvgIpc) is 2.38. The number of allylic oxidation sites excluding steroid dienone is 1. The third-order valence-electron chi connectivity index (χ3n) is 2.54. The molecule has 0 aliphatic carbocycles. The molecule has 1 aliphatic heterocycles. The molecule has 0 radical (unpaired) electrons. The van der Waals surface area contributed by atoms with Gasteiger partial charge in [0.25, 0.3) is 5.91 Å². The van der Waals surface area contributed by atoms with Crippen molar-refractivity contribution in [1.29, 1.82) is 0 Å². The zero-order valence-corrected chi connectivity index (χ0v) is 9.06. The van der Waals surface area contributed by atoms with Gasteiger partial charge in [0.2, 0.25) is 0 Å². The van der Waals surface area contributed by atoms with Gasteiger partial charge in [0.15, 0.2) is 6.10 Å². The summed E-state index contributed by atoms with van der Waals surface area (Å²) >= 11 is 0. The lowest BCUT2D eigenvalue weighted by atomic mass is 10.1. The van der Waals surface area contributed by atoms with Crippen molar-refractivity contribution >= 4 is 5.91 Å². The smallest absolute Gasteiger partial charge is 0.261 e. The van der Waals surface area contributed by atoms with E-state index in [-0.39, 0.29) is 12.0 Å². The molecule has 2 rings (SSSR count). The van der Waals surface area contributed by atoms with Crippen molar-refractivity contribution in [2.45, 2.75) is 25.5 Å². The highest BCUT2D eigenvalue weighted by atomic mass is 16.5. The predicted molar refractivity (Wildman–Crippen MR) is 61.5 cm³/mol. The number of carbonyl (C=O) groups is 1. The Hall–Kier alpha value is -1.77. The maximum absolute atomic E-state index is 11.7. The fourth-order valence-corrected chi connectivity index (χ4v) is 1.63. The molecule has 3 nitrogen and oxygen atoms in total. The molecular weight excluding hydrogens is 202 g/mol. The van der Waals surface area contributed by atoms with Crippen molar-refractivity contribution in [3.8, 4) is 0 Å². The maximum Gasteiger partial charge on any atom is 0.261 e. The van der Waals surface area contributed by atoms with Gasteiger partial charge >= 0.3 is 0 Å². The lowest BCUT2D eigenvalue weighted by molar-refractivity contribution is -0.130. The van der Waals surface area contributed by atoms with E-state index < -0.39 is 0 Å². The molecule has 16 heavy (non-hydrogen) atoms. The van der Waals surface area contributed by atoms with Crippen LogP contribution in [0.15, 0.2) is 42.7 Å². The number of amides is 1. The van der Waals surface area contributed by atoms with E-state index in [2.05, 4.69) is 5.32 Å². The van der Waals surface area contributed by atoms with Crippen LogP contribution in [0.2, 0.25) is 0 Å². The van der Waals surface area contributed by atoms with Gasteiger partial charge in [-0.1, -0.05) is 30.3 Å². The van der Waals surface area contributed by atoms with E-state index in [0.29, 0.717) is 6.54 Å². The lowest BCUT2D eigenvalue weighted by Crippen LogP contribution is -2.35. The Bertz CT molecular complexity index is 373. The molecular formula is C13H15NO2. The summed E-state index contributed by atoms with van der Waals surface area (Å²) in [5, 5.41) is 2.87. The van der Waals surface area contributed by atoms with Crippen LogP contribution in [0, 0.1) is 0 Å². The molecule has 0 bridgehead atoms. The van der Waals surface area contributed by atoms with Gasteiger partial charge in [-0.3, -0.25) is 4.79 Å². The van der Waals surface area contributed by atoms with Crippen LogP contribution in [0.3, 0.4) is 0 Å². The van der Waals surface area contributed by atoms with Crippen molar-refractivity contribution in [3.63, 3.8) is 0 Å². The maximum atomic E-state index is 11.7. The van der Waals surface area contributed by atoms with E-state index in [4.69, 9.17) is 4.74 Å². The SMILES string of the molecule is O=C(NCc1ccccc1)[C@@H]1CCC=CO1. The number of hydrogen-bond acceptors (Lipinski definition) is 2. The van der Waals surface area contributed by atoms with Crippen molar-refractivity contribution in [1.82, 2.24) is 5.32 Å². The Morgan fingerprint density at radius 2 is 2.19 bits per heavy atom. The van der Waals surface area contributed by atoms with Gasteiger partial charge in [-0.2, -0.15) is 0 Å². The van der Waals surface area contributed by atoms with Gasteiger partial charge in [-0.15, -0.1) is 0 Å². The minimum Gasteiger partial charge on any atom is -0.489 e. The van der Waals surface area contributed by atoms with Gasteiger partial charge in [0.05, 0.1) is 6.26 Å². The summed E-state index contributed by atoms with van der Waals surface area (Å²) in [6.07, 6.45) is 4.88. The molecule has 1 aromatic carbocycles. The van der Waals surface area contributed by atoms with Crippen LogP contribution in [0.1, 0.15) is 18.4 Å². The second kappa shape index (κ2) is 5.35. The molecule has 0 saturated heterocycles. The Labute approximate surface area is 95.1 Å². The van der Waals surface area contributed by atoms with Crippen molar-refractivity contribution in [3.05, 3.63) is 48.2 Å². The summed E-state index contributed by atoms with van der Waals surface area (Å²) in [7, 11) is 0. The first kappa shape index (κ1) is 10.7. The molecule has 1 N–H and O–H groups in total. The number of carbonyl (C=O) groups excluding carboxylic acids is 1. The van der Waals surface area contributed by atoms with Crippen LogP contribution in [0.4, 0.5) is 0 Å². The van der Waals surface area contributed by atoms with Crippen LogP contribution in [-0.2, 0) is 16.1 Å². The first-order valence-electron chi connectivity index (χ1n) is 5.48. The number of hydrogen-bond donors (Lipinski definition) is 1. The molecule has 3 heteroatoms. The monoisotopic (exact) mass is 217 g/mol. The summed E-state index contributed by atoms with van der Waals surface area (Å²) in [5.74, 6) is -0.0341. The van der Waals surface area contributed by atoms with Gasteiger partial charge in [0.1, 0.15) is 0 Å². The molecule has 1 amide bonds. The van der Waals surface area contributed by atoms with E-state index in [0.717, 1.165) is 18.4 Å². The molecule has 1 aliphatic rings. The molecule has 1 atom stereocenters. The van der Waals surface area contributed by atoms with Gasteiger partial charge < -0.3 is 10.1 Å². The average molecular weight is 217 g/mol. The second-order valence-corrected chi connectivity index (χ2v) is 3.78. The summed E-state index contributed by atoms with van der Waals surface area (Å²) < 4.78 is 5.24. The fourth-order valence-electron chi connectivity index (χ4n) is 1.63. The largest absolute Gasteiger partial charge is 0.489 e. The van der Waals surface area contributed by atoms with Crippen LogP contribution in [0.5, 0.6) is 0 Å². The zero-order valence-electron chi connectivity index (χ0n) is 9.06. The predicted octanol–water partition coefficient (Wildman–Crippen LogP) is 2.00. The second-order valence-electron chi connectivity index (χ2n) is 3.78. The molecule has 0 saturated carbocycles. The van der Waals surface area contributed by atoms with Crippen molar-refractivity contribution < 1.29 is 9.53 Å². The standard InChI is InChI=1S/C13H15NO2/c15-13(12-8-4-5-9-16-12)14-10-11-6-2-1-3-7-11/h1-3,5-7,9,12H,4,8,10H2,(H,14,15)/t12-/m0/s1. The molecule has 1 aromatic rings. The molecule has 84 valence electrons. The van der Waals surface area contributed by atoms with Gasteiger partial charge in [0, 0.05) is 6.54 Å². The Morgan fingerprint density at radius 3 is 2.88 bits per heavy atom. The molecule has 0 aromatic heterocycles. The molecule has 0 unspecified atom stereocenters. The Balaban J connectivity index is 1.82. The van der Waals surface area contributed by atoms with Crippen LogP contribution < -0.4 is 5.32 Å². The van der Waals surface area contributed by atoms with Crippen LogP contribution in [-0.4, -0.2) is 12.0 Å². The van der Waals surface area contributed by atoms with Crippen molar-refractivity contribution in [2.24, 2.45) is 0 Å². The van der Waals surface area contributed by atoms with Crippen molar-refractivity contribution in [2.75, 3.05) is 0 Å². The molecule has 0 fully saturated rings. The lowest BCUT2D eigenvalue weighted by Gasteiger charge is -2.18. The quantitative estimate of drug-likeness (QED) is 0.841. The first-order chi connectivity index (χ1) is 7.86.